The van der Waals surface area contributed by atoms with Crippen molar-refractivity contribution in [1.29, 1.82) is 0 Å². The van der Waals surface area contributed by atoms with Crippen LogP contribution in [-0.2, 0) is 9.53 Å². The number of aromatic nitrogens is 2. The molecule has 1 amide bonds. The molecule has 128 valence electrons. The number of nitrogens with zero attached hydrogens (tertiary/aromatic N) is 4. The largest absolute Gasteiger partial charge is 0.368 e. The molecule has 7 heteroatoms. The third-order valence-corrected chi connectivity index (χ3v) is 5.17. The Hall–Kier alpha value is -1.99. The Bertz CT molecular complexity index is 690. The average Bonchev–Trinajstić information content (AvgIpc) is 3.15. The molecule has 2 aromatic heterocycles. The van der Waals surface area contributed by atoms with E-state index in [4.69, 9.17) is 4.74 Å². The minimum absolute atomic E-state index is 0.119. The second-order valence-corrected chi connectivity index (χ2v) is 7.04. The minimum atomic E-state index is -0.208. The molecule has 3 heterocycles. The number of anilines is 1. The van der Waals surface area contributed by atoms with Crippen LogP contribution in [0.1, 0.15) is 29.5 Å². The Kier molecular flexibility index (Phi) is 5.11. The summed E-state index contributed by atoms with van der Waals surface area (Å²) in [5.41, 5.74) is 0.815. The average molecular weight is 346 g/mol. The van der Waals surface area contributed by atoms with E-state index in [1.165, 1.54) is 0 Å². The number of carbonyl (C=O) groups is 1. The lowest BCUT2D eigenvalue weighted by Crippen LogP contribution is -2.44. The fourth-order valence-electron chi connectivity index (χ4n) is 2.72. The van der Waals surface area contributed by atoms with Crippen molar-refractivity contribution in [2.75, 3.05) is 38.7 Å². The monoisotopic (exact) mass is 346 g/mol. The maximum Gasteiger partial charge on any atom is 0.230 e. The first-order chi connectivity index (χ1) is 11.6. The molecule has 0 unspecified atom stereocenters. The summed E-state index contributed by atoms with van der Waals surface area (Å²) in [6.45, 7) is 3.64. The third-order valence-electron chi connectivity index (χ3n) is 4.11. The highest BCUT2D eigenvalue weighted by Crippen LogP contribution is 2.27. The van der Waals surface area contributed by atoms with E-state index in [0.717, 1.165) is 10.6 Å². The molecular formula is C17H22N4O2S. The lowest BCUT2D eigenvalue weighted by Gasteiger charge is -2.34. The van der Waals surface area contributed by atoms with Crippen LogP contribution in [0.4, 0.5) is 5.95 Å². The van der Waals surface area contributed by atoms with Crippen molar-refractivity contribution < 1.29 is 9.53 Å². The van der Waals surface area contributed by atoms with Gasteiger partial charge in [0.15, 0.2) is 0 Å². The van der Waals surface area contributed by atoms with Crippen LogP contribution in [0.25, 0.3) is 0 Å². The van der Waals surface area contributed by atoms with Gasteiger partial charge in [0.1, 0.15) is 6.10 Å². The number of ether oxygens (including phenoxy) is 1. The van der Waals surface area contributed by atoms with Gasteiger partial charge < -0.3 is 14.5 Å². The van der Waals surface area contributed by atoms with Crippen LogP contribution in [0.2, 0.25) is 0 Å². The Morgan fingerprint density at radius 3 is 3.00 bits per heavy atom. The predicted octanol–water partition coefficient (Wildman–Crippen LogP) is 2.31. The van der Waals surface area contributed by atoms with Crippen molar-refractivity contribution >= 4 is 23.2 Å². The Labute approximate surface area is 146 Å². The molecule has 0 aromatic carbocycles. The number of hydrogen-bond donors (Lipinski definition) is 0. The molecular weight excluding hydrogens is 324 g/mol. The van der Waals surface area contributed by atoms with Crippen LogP contribution in [0.3, 0.4) is 0 Å². The molecule has 0 aliphatic carbocycles. The molecule has 1 aliphatic heterocycles. The lowest BCUT2D eigenvalue weighted by molar-refractivity contribution is -0.140. The van der Waals surface area contributed by atoms with E-state index in [1.807, 2.05) is 54.4 Å². The van der Waals surface area contributed by atoms with Crippen LogP contribution in [-0.4, -0.2) is 54.6 Å². The van der Waals surface area contributed by atoms with Gasteiger partial charge in [-0.15, -0.1) is 11.3 Å². The van der Waals surface area contributed by atoms with Crippen LogP contribution >= 0.6 is 11.3 Å². The number of amides is 1. The second kappa shape index (κ2) is 7.27. The van der Waals surface area contributed by atoms with E-state index in [2.05, 4.69) is 9.97 Å². The quantitative estimate of drug-likeness (QED) is 0.850. The molecule has 0 saturated carbocycles. The first kappa shape index (κ1) is 16.9. The highest BCUT2D eigenvalue weighted by atomic mass is 32.1. The maximum absolute atomic E-state index is 12.8. The van der Waals surface area contributed by atoms with Crippen LogP contribution < -0.4 is 4.90 Å². The van der Waals surface area contributed by atoms with E-state index in [1.54, 1.807) is 17.5 Å². The first-order valence-corrected chi connectivity index (χ1v) is 8.88. The summed E-state index contributed by atoms with van der Waals surface area (Å²) in [5, 5.41) is 2.00. The van der Waals surface area contributed by atoms with Gasteiger partial charge >= 0.3 is 0 Å². The molecule has 1 fully saturated rings. The van der Waals surface area contributed by atoms with Gasteiger partial charge in [-0.1, -0.05) is 6.07 Å². The van der Waals surface area contributed by atoms with E-state index >= 15 is 0 Å². The number of carbonyl (C=O) groups excluding carboxylic acids is 1. The maximum atomic E-state index is 12.8. The third kappa shape index (κ3) is 3.57. The standard InChI is InChI=1S/C17H22N4O2S/c1-12(15-5-4-10-24-15)16(22)21-8-9-23-14(11-21)13-6-7-18-17(19-13)20(2)3/h4-7,10,12,14H,8-9,11H2,1-3H3/t12-,14-/m0/s1. The van der Waals surface area contributed by atoms with Crippen molar-refractivity contribution in [1.82, 2.24) is 14.9 Å². The highest BCUT2D eigenvalue weighted by Gasteiger charge is 2.30. The van der Waals surface area contributed by atoms with Crippen molar-refractivity contribution in [3.63, 3.8) is 0 Å². The molecule has 0 radical (unpaired) electrons. The van der Waals surface area contributed by atoms with Crippen molar-refractivity contribution in [2.24, 2.45) is 0 Å². The summed E-state index contributed by atoms with van der Waals surface area (Å²) in [4.78, 5) is 26.4. The number of thiophene rings is 1. The summed E-state index contributed by atoms with van der Waals surface area (Å²) in [6.07, 6.45) is 1.52. The van der Waals surface area contributed by atoms with Crippen molar-refractivity contribution in [3.8, 4) is 0 Å². The van der Waals surface area contributed by atoms with E-state index in [-0.39, 0.29) is 17.9 Å². The van der Waals surface area contributed by atoms with Gasteiger partial charge in [0, 0.05) is 31.7 Å². The number of hydrogen-bond acceptors (Lipinski definition) is 6. The highest BCUT2D eigenvalue weighted by molar-refractivity contribution is 7.10. The molecule has 2 atom stereocenters. The van der Waals surface area contributed by atoms with Crippen molar-refractivity contribution in [2.45, 2.75) is 18.9 Å². The molecule has 0 bridgehead atoms. The smallest absolute Gasteiger partial charge is 0.230 e. The molecule has 6 nitrogen and oxygen atoms in total. The van der Waals surface area contributed by atoms with Gasteiger partial charge in [-0.25, -0.2) is 9.97 Å². The zero-order valence-corrected chi connectivity index (χ0v) is 15.0. The normalized spacial score (nSPS) is 19.1. The Balaban J connectivity index is 1.72. The van der Waals surface area contributed by atoms with Crippen LogP contribution in [0.5, 0.6) is 0 Å². The topological polar surface area (TPSA) is 58.6 Å². The summed E-state index contributed by atoms with van der Waals surface area (Å²) in [6, 6.07) is 5.85. The van der Waals surface area contributed by atoms with E-state index < -0.39 is 0 Å². The SMILES string of the molecule is C[C@H](C(=O)N1CCO[C@H](c2ccnc(N(C)C)n2)C1)c1cccs1. The van der Waals surface area contributed by atoms with E-state index in [0.29, 0.717) is 25.6 Å². The Morgan fingerprint density at radius 1 is 1.46 bits per heavy atom. The second-order valence-electron chi connectivity index (χ2n) is 6.06. The molecule has 1 aliphatic rings. The fourth-order valence-corrected chi connectivity index (χ4v) is 3.49. The predicted molar refractivity (Wildman–Crippen MR) is 94.4 cm³/mol. The molecule has 3 rings (SSSR count). The molecule has 24 heavy (non-hydrogen) atoms. The molecule has 2 aromatic rings. The van der Waals surface area contributed by atoms with Crippen LogP contribution in [0, 0.1) is 0 Å². The number of morpholine rings is 1. The van der Waals surface area contributed by atoms with Crippen molar-refractivity contribution in [3.05, 3.63) is 40.3 Å². The zero-order chi connectivity index (χ0) is 17.1. The summed E-state index contributed by atoms with van der Waals surface area (Å²) in [7, 11) is 3.80. The minimum Gasteiger partial charge on any atom is -0.368 e. The summed E-state index contributed by atoms with van der Waals surface area (Å²) in [5.74, 6) is 0.672. The van der Waals surface area contributed by atoms with Crippen LogP contribution in [0.15, 0.2) is 29.8 Å². The van der Waals surface area contributed by atoms with E-state index in [9.17, 15) is 4.79 Å². The number of rotatable bonds is 4. The lowest BCUT2D eigenvalue weighted by atomic mass is 10.1. The van der Waals surface area contributed by atoms with Gasteiger partial charge in [-0.05, 0) is 24.4 Å². The molecule has 1 saturated heterocycles. The van der Waals surface area contributed by atoms with Gasteiger partial charge in [-0.3, -0.25) is 4.79 Å². The molecule has 0 spiro atoms. The Morgan fingerprint density at radius 2 is 2.29 bits per heavy atom. The van der Waals surface area contributed by atoms with Gasteiger partial charge in [0.25, 0.3) is 0 Å². The van der Waals surface area contributed by atoms with Gasteiger partial charge in [-0.2, -0.15) is 0 Å². The molecule has 0 N–H and O–H groups in total. The van der Waals surface area contributed by atoms with Gasteiger partial charge in [0.2, 0.25) is 11.9 Å². The fraction of sp³-hybridized carbons (Fsp3) is 0.471. The first-order valence-electron chi connectivity index (χ1n) is 8.00. The zero-order valence-electron chi connectivity index (χ0n) is 14.2. The summed E-state index contributed by atoms with van der Waals surface area (Å²) < 4.78 is 5.85. The van der Waals surface area contributed by atoms with Gasteiger partial charge in [0.05, 0.1) is 24.8 Å². The summed E-state index contributed by atoms with van der Waals surface area (Å²) >= 11 is 1.62.